The summed E-state index contributed by atoms with van der Waals surface area (Å²) in [6, 6.07) is 1.99. The van der Waals surface area contributed by atoms with Crippen molar-refractivity contribution < 1.29 is 0 Å². The van der Waals surface area contributed by atoms with Crippen LogP contribution >= 0.6 is 0 Å². The van der Waals surface area contributed by atoms with E-state index >= 15 is 0 Å². The molecule has 0 aliphatic carbocycles. The second-order valence-electron chi connectivity index (χ2n) is 5.11. The van der Waals surface area contributed by atoms with Gasteiger partial charge >= 0.3 is 0 Å². The van der Waals surface area contributed by atoms with E-state index in [1.165, 1.54) is 12.8 Å². The molecule has 0 unspecified atom stereocenters. The number of hydrogen-bond donors (Lipinski definition) is 1. The van der Waals surface area contributed by atoms with Crippen LogP contribution in [0.25, 0.3) is 11.4 Å². The quantitative estimate of drug-likeness (QED) is 0.903. The molecule has 3 heterocycles. The number of nitrogens with zero attached hydrogens (tertiary/aromatic N) is 4. The largest absolute Gasteiger partial charge is 0.316 e. The van der Waals surface area contributed by atoms with Crippen LogP contribution in [0.1, 0.15) is 18.5 Å². The highest BCUT2D eigenvalue weighted by Crippen LogP contribution is 2.23. The SMILES string of the molecule is Cn1nccc1-c1nccnc1C[C@H]1CCCNC1. The Morgan fingerprint density at radius 1 is 1.32 bits per heavy atom. The fourth-order valence-corrected chi connectivity index (χ4v) is 2.71. The van der Waals surface area contributed by atoms with Gasteiger partial charge in [-0.05, 0) is 44.3 Å². The molecule has 1 saturated heterocycles. The van der Waals surface area contributed by atoms with Crippen molar-refractivity contribution in [2.45, 2.75) is 19.3 Å². The monoisotopic (exact) mass is 257 g/mol. The Labute approximate surface area is 113 Å². The van der Waals surface area contributed by atoms with Crippen molar-refractivity contribution >= 4 is 0 Å². The molecular formula is C14H19N5. The molecule has 5 nitrogen and oxygen atoms in total. The molecule has 1 atom stereocenters. The summed E-state index contributed by atoms with van der Waals surface area (Å²) in [5.74, 6) is 0.664. The summed E-state index contributed by atoms with van der Waals surface area (Å²) >= 11 is 0. The van der Waals surface area contributed by atoms with Gasteiger partial charge in [0.25, 0.3) is 0 Å². The molecule has 0 saturated carbocycles. The molecular weight excluding hydrogens is 238 g/mol. The van der Waals surface area contributed by atoms with Gasteiger partial charge in [0, 0.05) is 25.6 Å². The average Bonchev–Trinajstić information content (AvgIpc) is 2.87. The third-order valence-electron chi connectivity index (χ3n) is 3.72. The van der Waals surface area contributed by atoms with E-state index in [0.717, 1.165) is 36.6 Å². The summed E-state index contributed by atoms with van der Waals surface area (Å²) in [6.45, 7) is 2.23. The lowest BCUT2D eigenvalue weighted by Gasteiger charge is -2.22. The van der Waals surface area contributed by atoms with Crippen LogP contribution in [-0.2, 0) is 13.5 Å². The maximum absolute atomic E-state index is 4.54. The van der Waals surface area contributed by atoms with Crippen molar-refractivity contribution in [1.29, 1.82) is 0 Å². The Hall–Kier alpha value is -1.75. The third kappa shape index (κ3) is 2.66. The molecule has 1 N–H and O–H groups in total. The lowest BCUT2D eigenvalue weighted by atomic mass is 9.93. The van der Waals surface area contributed by atoms with Gasteiger partial charge in [0.05, 0.1) is 11.4 Å². The van der Waals surface area contributed by atoms with Gasteiger partial charge in [-0.25, -0.2) is 0 Å². The molecule has 0 amide bonds. The average molecular weight is 257 g/mol. The van der Waals surface area contributed by atoms with Gasteiger partial charge in [0.15, 0.2) is 0 Å². The first-order chi connectivity index (χ1) is 9.34. The van der Waals surface area contributed by atoms with Crippen LogP contribution in [0, 0.1) is 5.92 Å². The second kappa shape index (κ2) is 5.48. The highest BCUT2D eigenvalue weighted by Gasteiger charge is 2.18. The van der Waals surface area contributed by atoms with Gasteiger partial charge < -0.3 is 5.32 Å². The van der Waals surface area contributed by atoms with Gasteiger partial charge in [-0.3, -0.25) is 14.6 Å². The first kappa shape index (κ1) is 12.3. The predicted molar refractivity (Wildman–Crippen MR) is 73.5 cm³/mol. The fraction of sp³-hybridized carbons (Fsp3) is 0.500. The molecule has 3 rings (SSSR count). The van der Waals surface area contributed by atoms with Crippen molar-refractivity contribution in [3.63, 3.8) is 0 Å². The summed E-state index contributed by atoms with van der Waals surface area (Å²) in [4.78, 5) is 9.04. The van der Waals surface area contributed by atoms with Crippen molar-refractivity contribution in [1.82, 2.24) is 25.1 Å². The zero-order valence-electron chi connectivity index (χ0n) is 11.2. The Bertz CT molecular complexity index is 542. The molecule has 0 aromatic carbocycles. The van der Waals surface area contributed by atoms with Crippen molar-refractivity contribution in [3.8, 4) is 11.4 Å². The van der Waals surface area contributed by atoms with Crippen LogP contribution in [0.3, 0.4) is 0 Å². The van der Waals surface area contributed by atoms with E-state index in [4.69, 9.17) is 0 Å². The molecule has 2 aromatic heterocycles. The van der Waals surface area contributed by atoms with Crippen LogP contribution in [0.4, 0.5) is 0 Å². The highest BCUT2D eigenvalue weighted by molar-refractivity contribution is 5.56. The zero-order chi connectivity index (χ0) is 13.1. The van der Waals surface area contributed by atoms with Crippen LogP contribution in [0.2, 0.25) is 0 Å². The Morgan fingerprint density at radius 3 is 2.95 bits per heavy atom. The summed E-state index contributed by atoms with van der Waals surface area (Å²) in [7, 11) is 1.94. The maximum atomic E-state index is 4.54. The van der Waals surface area contributed by atoms with Gasteiger partial charge in [-0.1, -0.05) is 0 Å². The van der Waals surface area contributed by atoms with Gasteiger partial charge in [-0.15, -0.1) is 0 Å². The molecule has 100 valence electrons. The summed E-state index contributed by atoms with van der Waals surface area (Å²) in [6.07, 6.45) is 8.86. The van der Waals surface area contributed by atoms with Crippen molar-refractivity contribution in [3.05, 3.63) is 30.4 Å². The normalized spacial score (nSPS) is 19.5. The molecule has 1 fully saturated rings. The van der Waals surface area contributed by atoms with E-state index in [1.807, 2.05) is 17.8 Å². The van der Waals surface area contributed by atoms with Gasteiger partial charge in [-0.2, -0.15) is 5.10 Å². The molecule has 0 bridgehead atoms. The molecule has 19 heavy (non-hydrogen) atoms. The predicted octanol–water partition coefficient (Wildman–Crippen LogP) is 1.42. The summed E-state index contributed by atoms with van der Waals surface area (Å²) in [5.41, 5.74) is 3.08. The lowest BCUT2D eigenvalue weighted by Crippen LogP contribution is -2.31. The summed E-state index contributed by atoms with van der Waals surface area (Å²) < 4.78 is 1.85. The topological polar surface area (TPSA) is 55.6 Å². The third-order valence-corrected chi connectivity index (χ3v) is 3.72. The fourth-order valence-electron chi connectivity index (χ4n) is 2.71. The van der Waals surface area contributed by atoms with Crippen molar-refractivity contribution in [2.24, 2.45) is 13.0 Å². The van der Waals surface area contributed by atoms with Crippen molar-refractivity contribution in [2.75, 3.05) is 13.1 Å². The molecule has 0 radical (unpaired) electrons. The van der Waals surface area contributed by atoms with Gasteiger partial charge in [0.2, 0.25) is 0 Å². The molecule has 1 aliphatic heterocycles. The Morgan fingerprint density at radius 2 is 2.21 bits per heavy atom. The lowest BCUT2D eigenvalue weighted by molar-refractivity contribution is 0.373. The minimum absolute atomic E-state index is 0.664. The molecule has 0 spiro atoms. The Kier molecular flexibility index (Phi) is 3.55. The van der Waals surface area contributed by atoms with Crippen LogP contribution in [0.5, 0.6) is 0 Å². The Balaban J connectivity index is 1.87. The van der Waals surface area contributed by atoms with E-state index in [0.29, 0.717) is 5.92 Å². The minimum atomic E-state index is 0.664. The number of piperidine rings is 1. The zero-order valence-corrected chi connectivity index (χ0v) is 11.2. The molecule has 5 heteroatoms. The standard InChI is InChI=1S/C14H19N5/c1-19-13(4-6-18-19)14-12(16-7-8-17-14)9-11-3-2-5-15-10-11/h4,6-8,11,15H,2-3,5,9-10H2,1H3/t11-/m1/s1. The first-order valence-electron chi connectivity index (χ1n) is 6.83. The van der Waals surface area contributed by atoms with E-state index in [2.05, 4.69) is 20.4 Å². The van der Waals surface area contributed by atoms with E-state index in [1.54, 1.807) is 18.6 Å². The second-order valence-corrected chi connectivity index (χ2v) is 5.11. The highest BCUT2D eigenvalue weighted by atomic mass is 15.3. The molecule has 2 aromatic rings. The first-order valence-corrected chi connectivity index (χ1v) is 6.83. The van der Waals surface area contributed by atoms with E-state index < -0.39 is 0 Å². The number of aryl methyl sites for hydroxylation is 1. The minimum Gasteiger partial charge on any atom is -0.316 e. The number of rotatable bonds is 3. The summed E-state index contributed by atoms with van der Waals surface area (Å²) in [5, 5.41) is 7.67. The molecule has 1 aliphatic rings. The number of aromatic nitrogens is 4. The van der Waals surface area contributed by atoms with Crippen LogP contribution < -0.4 is 5.32 Å². The van der Waals surface area contributed by atoms with Crippen LogP contribution in [0.15, 0.2) is 24.7 Å². The van der Waals surface area contributed by atoms with E-state index in [-0.39, 0.29) is 0 Å². The number of hydrogen-bond acceptors (Lipinski definition) is 4. The van der Waals surface area contributed by atoms with Gasteiger partial charge in [0.1, 0.15) is 5.69 Å². The van der Waals surface area contributed by atoms with E-state index in [9.17, 15) is 0 Å². The van der Waals surface area contributed by atoms with Crippen LogP contribution in [-0.4, -0.2) is 32.8 Å². The number of nitrogens with one attached hydrogen (secondary N) is 1. The smallest absolute Gasteiger partial charge is 0.110 e. The maximum Gasteiger partial charge on any atom is 0.110 e.